The molecule has 2 rings (SSSR count). The number of nitrogens with zero attached hydrogens (tertiary/aromatic N) is 2. The lowest BCUT2D eigenvalue weighted by Gasteiger charge is -2.08. The topological polar surface area (TPSA) is 60.9 Å². The quantitative estimate of drug-likeness (QED) is 0.946. The molecule has 1 aromatic heterocycles. The summed E-state index contributed by atoms with van der Waals surface area (Å²) in [4.78, 5) is 11.4. The third kappa shape index (κ3) is 2.31. The minimum atomic E-state index is -0.411. The van der Waals surface area contributed by atoms with Crippen LogP contribution in [-0.4, -0.2) is 15.7 Å². The van der Waals surface area contributed by atoms with Crippen LogP contribution < -0.4 is 5.73 Å². The van der Waals surface area contributed by atoms with Gasteiger partial charge >= 0.3 is 0 Å². The Morgan fingerprint density at radius 2 is 2.06 bits per heavy atom. The number of carbonyl (C=O) groups excluding carboxylic acids is 1. The number of halogens is 1. The van der Waals surface area contributed by atoms with Crippen LogP contribution in [0.2, 0.25) is 0 Å². The molecule has 0 unspecified atom stereocenters. The standard InChI is InChI=1S/C13H14BrN3O/c1-8-12(14)9(2)17(16-8)7-10-5-3-4-6-11(10)13(15)18/h3-6H,7H2,1-2H3,(H2,15,18). The van der Waals surface area contributed by atoms with Crippen molar-refractivity contribution in [2.75, 3.05) is 0 Å². The zero-order valence-corrected chi connectivity index (χ0v) is 11.9. The number of amides is 1. The summed E-state index contributed by atoms with van der Waals surface area (Å²) < 4.78 is 2.86. The molecule has 18 heavy (non-hydrogen) atoms. The predicted octanol–water partition coefficient (Wildman–Crippen LogP) is 2.41. The van der Waals surface area contributed by atoms with Crippen molar-refractivity contribution in [3.05, 3.63) is 51.3 Å². The first-order valence-corrected chi connectivity index (χ1v) is 6.37. The molecule has 2 N–H and O–H groups in total. The summed E-state index contributed by atoms with van der Waals surface area (Å²) in [5, 5.41) is 4.42. The average molecular weight is 308 g/mol. The van der Waals surface area contributed by atoms with Gasteiger partial charge in [-0.1, -0.05) is 18.2 Å². The van der Waals surface area contributed by atoms with Crippen molar-refractivity contribution in [3.63, 3.8) is 0 Å². The van der Waals surface area contributed by atoms with Crippen LogP contribution in [0, 0.1) is 13.8 Å². The van der Waals surface area contributed by atoms with Crippen molar-refractivity contribution >= 4 is 21.8 Å². The maximum atomic E-state index is 11.4. The Bertz CT molecular complexity index is 604. The van der Waals surface area contributed by atoms with E-state index >= 15 is 0 Å². The fourth-order valence-corrected chi connectivity index (χ4v) is 2.17. The highest BCUT2D eigenvalue weighted by molar-refractivity contribution is 9.10. The molecule has 0 bridgehead atoms. The third-order valence-corrected chi connectivity index (χ3v) is 4.04. The predicted molar refractivity (Wildman–Crippen MR) is 73.5 cm³/mol. The number of aryl methyl sites for hydroxylation is 1. The van der Waals surface area contributed by atoms with Gasteiger partial charge in [-0.2, -0.15) is 5.10 Å². The van der Waals surface area contributed by atoms with Crippen LogP contribution >= 0.6 is 15.9 Å². The van der Waals surface area contributed by atoms with Crippen LogP contribution in [0.4, 0.5) is 0 Å². The first kappa shape index (κ1) is 12.8. The number of benzene rings is 1. The van der Waals surface area contributed by atoms with Gasteiger partial charge in [-0.25, -0.2) is 0 Å². The molecule has 0 aliphatic carbocycles. The van der Waals surface area contributed by atoms with E-state index in [-0.39, 0.29) is 0 Å². The van der Waals surface area contributed by atoms with Crippen LogP contribution in [0.25, 0.3) is 0 Å². The minimum Gasteiger partial charge on any atom is -0.366 e. The molecule has 2 aromatic rings. The zero-order chi connectivity index (χ0) is 13.3. The van der Waals surface area contributed by atoms with E-state index < -0.39 is 5.91 Å². The van der Waals surface area contributed by atoms with E-state index in [0.29, 0.717) is 12.1 Å². The Balaban J connectivity index is 2.40. The number of rotatable bonds is 3. The summed E-state index contributed by atoms with van der Waals surface area (Å²) in [5.74, 6) is -0.411. The maximum absolute atomic E-state index is 11.4. The zero-order valence-electron chi connectivity index (χ0n) is 10.3. The van der Waals surface area contributed by atoms with E-state index in [1.807, 2.05) is 30.7 Å². The van der Waals surface area contributed by atoms with Crippen molar-refractivity contribution in [1.29, 1.82) is 0 Å². The van der Waals surface area contributed by atoms with Gasteiger partial charge in [0.1, 0.15) is 0 Å². The SMILES string of the molecule is Cc1nn(Cc2ccccc2C(N)=O)c(C)c1Br. The maximum Gasteiger partial charge on any atom is 0.249 e. The second-order valence-electron chi connectivity index (χ2n) is 4.16. The summed E-state index contributed by atoms with van der Waals surface area (Å²) in [6.07, 6.45) is 0. The summed E-state index contributed by atoms with van der Waals surface area (Å²) in [5.41, 5.74) is 8.75. The van der Waals surface area contributed by atoms with Gasteiger partial charge in [-0.05, 0) is 41.4 Å². The van der Waals surface area contributed by atoms with E-state index in [2.05, 4.69) is 21.0 Å². The van der Waals surface area contributed by atoms with Gasteiger partial charge in [0.25, 0.3) is 0 Å². The molecule has 1 aromatic carbocycles. The van der Waals surface area contributed by atoms with E-state index in [1.54, 1.807) is 12.1 Å². The van der Waals surface area contributed by atoms with Crippen LogP contribution in [0.15, 0.2) is 28.7 Å². The number of nitrogens with two attached hydrogens (primary N) is 1. The average Bonchev–Trinajstić information content (AvgIpc) is 2.57. The molecule has 0 aliphatic heterocycles. The van der Waals surface area contributed by atoms with Gasteiger partial charge in [0.05, 0.1) is 22.4 Å². The Morgan fingerprint density at radius 1 is 1.39 bits per heavy atom. The summed E-state index contributed by atoms with van der Waals surface area (Å²) in [7, 11) is 0. The largest absolute Gasteiger partial charge is 0.366 e. The molecule has 0 saturated heterocycles. The van der Waals surface area contributed by atoms with Gasteiger partial charge < -0.3 is 5.73 Å². The smallest absolute Gasteiger partial charge is 0.249 e. The van der Waals surface area contributed by atoms with Gasteiger partial charge in [0.2, 0.25) is 5.91 Å². The molecule has 0 radical (unpaired) electrons. The molecule has 5 heteroatoms. The Hall–Kier alpha value is -1.62. The Morgan fingerprint density at radius 3 is 2.61 bits per heavy atom. The van der Waals surface area contributed by atoms with Crippen molar-refractivity contribution in [1.82, 2.24) is 9.78 Å². The molecule has 0 saturated carbocycles. The molecule has 94 valence electrons. The minimum absolute atomic E-state index is 0.411. The van der Waals surface area contributed by atoms with Crippen molar-refractivity contribution in [3.8, 4) is 0 Å². The highest BCUT2D eigenvalue weighted by Crippen LogP contribution is 2.21. The van der Waals surface area contributed by atoms with Crippen LogP contribution in [0.3, 0.4) is 0 Å². The molecule has 1 heterocycles. The van der Waals surface area contributed by atoms with Gasteiger partial charge in [0.15, 0.2) is 0 Å². The molecule has 0 fully saturated rings. The van der Waals surface area contributed by atoms with Gasteiger partial charge in [-0.15, -0.1) is 0 Å². The molecular formula is C13H14BrN3O. The normalized spacial score (nSPS) is 10.6. The van der Waals surface area contributed by atoms with Gasteiger partial charge in [0, 0.05) is 5.56 Å². The second kappa shape index (κ2) is 4.94. The van der Waals surface area contributed by atoms with E-state index in [9.17, 15) is 4.79 Å². The highest BCUT2D eigenvalue weighted by atomic mass is 79.9. The van der Waals surface area contributed by atoms with Crippen LogP contribution in [0.1, 0.15) is 27.3 Å². The highest BCUT2D eigenvalue weighted by Gasteiger charge is 2.12. The molecular weight excluding hydrogens is 294 g/mol. The first-order chi connectivity index (χ1) is 8.50. The fourth-order valence-electron chi connectivity index (χ4n) is 1.89. The first-order valence-electron chi connectivity index (χ1n) is 5.58. The van der Waals surface area contributed by atoms with Crippen molar-refractivity contribution < 1.29 is 4.79 Å². The number of carbonyl (C=O) groups is 1. The van der Waals surface area contributed by atoms with E-state index in [1.165, 1.54) is 0 Å². The van der Waals surface area contributed by atoms with Gasteiger partial charge in [-0.3, -0.25) is 9.48 Å². The lowest BCUT2D eigenvalue weighted by atomic mass is 10.1. The second-order valence-corrected chi connectivity index (χ2v) is 4.96. The third-order valence-electron chi connectivity index (χ3n) is 2.90. The van der Waals surface area contributed by atoms with Crippen molar-refractivity contribution in [2.24, 2.45) is 5.73 Å². The van der Waals surface area contributed by atoms with Crippen molar-refractivity contribution in [2.45, 2.75) is 20.4 Å². The number of hydrogen-bond donors (Lipinski definition) is 1. The van der Waals surface area contributed by atoms with E-state index in [0.717, 1.165) is 21.4 Å². The van der Waals surface area contributed by atoms with Crippen LogP contribution in [-0.2, 0) is 6.54 Å². The number of aromatic nitrogens is 2. The molecule has 0 atom stereocenters. The lowest BCUT2D eigenvalue weighted by Crippen LogP contribution is -2.15. The van der Waals surface area contributed by atoms with Crippen LogP contribution in [0.5, 0.6) is 0 Å². The number of primary amides is 1. The summed E-state index contributed by atoms with van der Waals surface area (Å²) in [6, 6.07) is 7.33. The molecule has 1 amide bonds. The molecule has 4 nitrogen and oxygen atoms in total. The lowest BCUT2D eigenvalue weighted by molar-refractivity contribution is 0.0999. The Labute approximate surface area is 114 Å². The summed E-state index contributed by atoms with van der Waals surface area (Å²) >= 11 is 3.49. The monoisotopic (exact) mass is 307 g/mol. The fraction of sp³-hybridized carbons (Fsp3) is 0.231. The molecule has 0 aliphatic rings. The number of hydrogen-bond acceptors (Lipinski definition) is 2. The van der Waals surface area contributed by atoms with E-state index in [4.69, 9.17) is 5.73 Å². The molecule has 0 spiro atoms. The summed E-state index contributed by atoms with van der Waals surface area (Å²) in [6.45, 7) is 4.46. The Kier molecular flexibility index (Phi) is 3.52.